The van der Waals surface area contributed by atoms with Crippen molar-refractivity contribution in [3.8, 4) is 78.6 Å². The highest BCUT2D eigenvalue weighted by Crippen LogP contribution is 2.47. The molecule has 0 aliphatic carbocycles. The summed E-state index contributed by atoms with van der Waals surface area (Å²) in [6, 6.07) is 49.9. The molecule has 2 aromatic heterocycles. The molecular formula is C66H69N3O. The maximum Gasteiger partial charge on any atom is 0.149 e. The first-order valence-electron chi connectivity index (χ1n) is 27.4. The summed E-state index contributed by atoms with van der Waals surface area (Å²) in [7, 11) is 0. The molecule has 9 aromatic rings. The highest BCUT2D eigenvalue weighted by Gasteiger charge is 2.30. The molecule has 9 rings (SSSR count). The van der Waals surface area contributed by atoms with Gasteiger partial charge in [0.1, 0.15) is 11.6 Å². The summed E-state index contributed by atoms with van der Waals surface area (Å²) >= 11 is 0. The van der Waals surface area contributed by atoms with Gasteiger partial charge in [-0.3, -0.25) is 9.55 Å². The Morgan fingerprint density at radius 1 is 0.457 bits per heavy atom. The van der Waals surface area contributed by atoms with E-state index >= 15 is 0 Å². The van der Waals surface area contributed by atoms with Crippen molar-refractivity contribution in [3.63, 3.8) is 0 Å². The van der Waals surface area contributed by atoms with E-state index in [0.29, 0.717) is 28.2 Å². The number of hydrogen-bond donors (Lipinski definition) is 1. The molecule has 354 valence electrons. The number of aryl methyl sites for hydroxylation is 2. The molecule has 0 radical (unpaired) electrons. The Balaban J connectivity index is 1.37. The minimum atomic E-state index is -2.52. The SMILES string of the molecule is [2H]C([2H])([2H])c1ccc(-c2ccnc(-c3cc(-c4cccc5c4nc(-c4cc(C(C)(C)C)cc(C(C)(C)C)c4O)n5-c4cc(C([2H])([2H])[2H])c(-c5ccc(C(C)(C)C)cc5)cc4-c4ccccc4)cc(C(C)(C)C)c3)c2)cc1. The van der Waals surface area contributed by atoms with Crippen LogP contribution in [0.15, 0.2) is 158 Å². The Labute approximate surface area is 425 Å². The zero-order valence-electron chi connectivity index (χ0n) is 48.8. The van der Waals surface area contributed by atoms with E-state index in [1.54, 1.807) is 18.3 Å². The lowest BCUT2D eigenvalue weighted by Crippen LogP contribution is -2.17. The fourth-order valence-corrected chi connectivity index (χ4v) is 9.37. The van der Waals surface area contributed by atoms with Crippen LogP contribution in [0.4, 0.5) is 0 Å². The Morgan fingerprint density at radius 3 is 1.74 bits per heavy atom. The van der Waals surface area contributed by atoms with Gasteiger partial charge in [0.05, 0.1) is 28.0 Å². The van der Waals surface area contributed by atoms with Gasteiger partial charge in [-0.1, -0.05) is 192 Å². The predicted molar refractivity (Wildman–Crippen MR) is 297 cm³/mol. The summed E-state index contributed by atoms with van der Waals surface area (Å²) in [5.41, 5.74) is 14.2. The summed E-state index contributed by atoms with van der Waals surface area (Å²) in [5, 5.41) is 12.8. The third-order valence-electron chi connectivity index (χ3n) is 13.6. The summed E-state index contributed by atoms with van der Waals surface area (Å²) in [5.74, 6) is 0.584. The maximum absolute atomic E-state index is 12.8. The van der Waals surface area contributed by atoms with Gasteiger partial charge in [0.25, 0.3) is 0 Å². The molecule has 70 heavy (non-hydrogen) atoms. The number of imidazole rings is 1. The number of benzene rings is 7. The number of aromatic hydroxyl groups is 1. The van der Waals surface area contributed by atoms with E-state index < -0.39 is 19.1 Å². The molecule has 0 spiro atoms. The Bertz CT molecular complexity index is 3630. The van der Waals surface area contributed by atoms with Crippen LogP contribution >= 0.6 is 0 Å². The fraction of sp³-hybridized carbons (Fsp3) is 0.273. The van der Waals surface area contributed by atoms with Crippen LogP contribution in [0.3, 0.4) is 0 Å². The smallest absolute Gasteiger partial charge is 0.149 e. The number of nitrogens with zero attached hydrogens (tertiary/aromatic N) is 3. The van der Waals surface area contributed by atoms with Gasteiger partial charge in [-0.05, 0) is 140 Å². The molecule has 0 saturated heterocycles. The number of phenolic OH excluding ortho intramolecular Hbond substituents is 1. The minimum Gasteiger partial charge on any atom is -0.507 e. The van der Waals surface area contributed by atoms with Crippen LogP contribution in [-0.2, 0) is 21.7 Å². The van der Waals surface area contributed by atoms with Crippen LogP contribution in [0.2, 0.25) is 0 Å². The molecule has 1 N–H and O–H groups in total. The summed E-state index contributed by atoms with van der Waals surface area (Å²) in [6.45, 7) is 21.1. The molecule has 0 saturated carbocycles. The van der Waals surface area contributed by atoms with Crippen molar-refractivity contribution in [2.45, 2.75) is 118 Å². The third-order valence-corrected chi connectivity index (χ3v) is 13.6. The second-order valence-electron chi connectivity index (χ2n) is 23.0. The van der Waals surface area contributed by atoms with Crippen LogP contribution in [0.5, 0.6) is 5.75 Å². The van der Waals surface area contributed by atoms with Crippen molar-refractivity contribution >= 4 is 11.0 Å². The molecule has 2 heterocycles. The van der Waals surface area contributed by atoms with Gasteiger partial charge in [-0.25, -0.2) is 4.98 Å². The first-order chi connectivity index (χ1) is 35.4. The highest BCUT2D eigenvalue weighted by atomic mass is 16.3. The van der Waals surface area contributed by atoms with Crippen LogP contribution < -0.4 is 0 Å². The molecule has 0 atom stereocenters. The van der Waals surface area contributed by atoms with E-state index in [2.05, 4.69) is 142 Å². The van der Waals surface area contributed by atoms with Crippen LogP contribution in [0.25, 0.3) is 83.9 Å². The zero-order valence-corrected chi connectivity index (χ0v) is 42.8. The van der Waals surface area contributed by atoms with Gasteiger partial charge in [-0.2, -0.15) is 0 Å². The van der Waals surface area contributed by atoms with Gasteiger partial charge in [-0.15, -0.1) is 0 Å². The normalized spacial score (nSPS) is 14.1. The quantitative estimate of drug-likeness (QED) is 0.173. The zero-order chi connectivity index (χ0) is 55.1. The number of fused-ring (bicyclic) bond motifs is 1. The first kappa shape index (κ1) is 40.8. The Kier molecular flexibility index (Phi) is 10.3. The molecule has 0 aliphatic rings. The van der Waals surface area contributed by atoms with Gasteiger partial charge >= 0.3 is 0 Å². The fourth-order valence-electron chi connectivity index (χ4n) is 9.37. The summed E-state index contributed by atoms with van der Waals surface area (Å²) in [6.07, 6.45) is 1.79. The second kappa shape index (κ2) is 17.7. The molecule has 0 fully saturated rings. The van der Waals surface area contributed by atoms with E-state index in [4.69, 9.17) is 18.2 Å². The van der Waals surface area contributed by atoms with Gasteiger partial charge in [0.15, 0.2) is 0 Å². The van der Waals surface area contributed by atoms with E-state index in [0.717, 1.165) is 78.0 Å². The van der Waals surface area contributed by atoms with Crippen molar-refractivity contribution in [3.05, 3.63) is 191 Å². The number of aromatic nitrogens is 3. The number of phenols is 1. The van der Waals surface area contributed by atoms with Crippen LogP contribution in [0, 0.1) is 13.7 Å². The van der Waals surface area contributed by atoms with E-state index in [-0.39, 0.29) is 33.1 Å². The summed E-state index contributed by atoms with van der Waals surface area (Å²) < 4.78 is 53.2. The minimum absolute atomic E-state index is 0.0959. The number of para-hydroxylation sites is 1. The number of rotatable bonds is 7. The standard InChI is InChI=1S/C66H69N3O/c1-41-23-25-43(26-24-41)46-31-32-67-57(37-46)48-34-47(35-50(36-48)64(6,7)8)52-21-18-22-58-60(52)68-62(55-38-51(65(9,10)11)39-56(61(55)70)66(12,13)14)69(58)59-33-42(2)53(40-54(59)44-19-16-15-17-20-44)45-27-29-49(30-28-45)63(3,4)5/h15-40,70H,1-14H3/i1D3,2D3. The second-order valence-corrected chi connectivity index (χ2v) is 23.0. The van der Waals surface area contributed by atoms with Crippen molar-refractivity contribution < 1.29 is 13.3 Å². The molecule has 0 aliphatic heterocycles. The topological polar surface area (TPSA) is 50.9 Å². The highest BCUT2D eigenvalue weighted by molar-refractivity contribution is 5.98. The van der Waals surface area contributed by atoms with Crippen molar-refractivity contribution in [2.75, 3.05) is 0 Å². The van der Waals surface area contributed by atoms with E-state index in [1.807, 2.05) is 84.9 Å². The molecule has 0 bridgehead atoms. The number of pyridine rings is 1. The average Bonchev–Trinajstić information content (AvgIpc) is 3.81. The number of hydrogen-bond acceptors (Lipinski definition) is 3. The lowest BCUT2D eigenvalue weighted by atomic mass is 9.79. The lowest BCUT2D eigenvalue weighted by Gasteiger charge is -2.28. The van der Waals surface area contributed by atoms with Crippen molar-refractivity contribution in [1.29, 1.82) is 0 Å². The maximum atomic E-state index is 12.8. The largest absolute Gasteiger partial charge is 0.507 e. The molecule has 7 aromatic carbocycles. The molecule has 4 nitrogen and oxygen atoms in total. The van der Waals surface area contributed by atoms with Gasteiger partial charge < -0.3 is 5.11 Å². The molecular weight excluding hydrogens is 851 g/mol. The average molecular weight is 926 g/mol. The third kappa shape index (κ3) is 9.37. The van der Waals surface area contributed by atoms with Crippen LogP contribution in [-0.4, -0.2) is 19.6 Å². The predicted octanol–water partition coefficient (Wildman–Crippen LogP) is 17.9. The summed E-state index contributed by atoms with van der Waals surface area (Å²) in [4.78, 5) is 10.6. The molecule has 4 heteroatoms. The Morgan fingerprint density at radius 2 is 1.10 bits per heavy atom. The first-order valence-corrected chi connectivity index (χ1v) is 24.4. The van der Waals surface area contributed by atoms with Crippen molar-refractivity contribution in [2.24, 2.45) is 0 Å². The van der Waals surface area contributed by atoms with Gasteiger partial charge in [0, 0.05) is 36.7 Å². The van der Waals surface area contributed by atoms with E-state index in [9.17, 15) is 5.11 Å². The monoisotopic (exact) mass is 926 g/mol. The lowest BCUT2D eigenvalue weighted by molar-refractivity contribution is 0.446. The van der Waals surface area contributed by atoms with Gasteiger partial charge in [0.2, 0.25) is 0 Å². The Hall–Kier alpha value is -7.04. The van der Waals surface area contributed by atoms with Crippen LogP contribution in [0.1, 0.15) is 125 Å². The van der Waals surface area contributed by atoms with Crippen molar-refractivity contribution in [1.82, 2.24) is 14.5 Å². The van der Waals surface area contributed by atoms with E-state index in [1.165, 1.54) is 0 Å². The molecule has 0 unspecified atom stereocenters. The molecule has 0 amide bonds.